The van der Waals surface area contributed by atoms with E-state index in [9.17, 15) is 4.79 Å². The first kappa shape index (κ1) is 17.5. The normalized spacial score (nSPS) is 12.4. The second kappa shape index (κ2) is 7.59. The molecule has 0 aliphatic heterocycles. The van der Waals surface area contributed by atoms with Gasteiger partial charge in [0.05, 0.1) is 11.4 Å². The van der Waals surface area contributed by atoms with Gasteiger partial charge in [0.15, 0.2) is 0 Å². The van der Waals surface area contributed by atoms with Crippen molar-refractivity contribution in [2.75, 3.05) is 5.75 Å². The summed E-state index contributed by atoms with van der Waals surface area (Å²) in [6.45, 7) is 10.3. The van der Waals surface area contributed by atoms with Crippen molar-refractivity contribution in [3.63, 3.8) is 0 Å². The first-order chi connectivity index (χ1) is 10.9. The van der Waals surface area contributed by atoms with Crippen LogP contribution in [0.3, 0.4) is 0 Å². The van der Waals surface area contributed by atoms with Crippen LogP contribution in [0.2, 0.25) is 0 Å². The summed E-state index contributed by atoms with van der Waals surface area (Å²) < 4.78 is 1.69. The average Bonchev–Trinajstić information content (AvgIpc) is 2.96. The smallest absolute Gasteiger partial charge is 0.230 e. The minimum Gasteiger partial charge on any atom is -0.353 e. The standard InChI is InChI=1S/C16H23N5OS/c1-10(2)13(5)17-15(22)9-23-16-18-19-20-21(16)14-8-6-7-11(3)12(14)4/h6-8,10,13H,9H2,1-5H3,(H,17,22). The molecular formula is C16H23N5OS. The highest BCUT2D eigenvalue weighted by atomic mass is 32.2. The van der Waals surface area contributed by atoms with Crippen LogP contribution in [0.15, 0.2) is 23.4 Å². The first-order valence-electron chi connectivity index (χ1n) is 7.67. The molecule has 7 heteroatoms. The van der Waals surface area contributed by atoms with Crippen LogP contribution in [-0.2, 0) is 4.79 Å². The molecule has 0 saturated carbocycles. The van der Waals surface area contributed by atoms with E-state index in [0.29, 0.717) is 16.8 Å². The Morgan fingerprint density at radius 1 is 1.30 bits per heavy atom. The number of carbonyl (C=O) groups is 1. The number of tetrazole rings is 1. The molecule has 1 aromatic carbocycles. The Balaban J connectivity index is 2.07. The molecule has 0 radical (unpaired) electrons. The molecular weight excluding hydrogens is 310 g/mol. The van der Waals surface area contributed by atoms with E-state index in [2.05, 4.69) is 47.7 Å². The fourth-order valence-corrected chi connectivity index (χ4v) is 2.67. The van der Waals surface area contributed by atoms with Gasteiger partial charge in [0.2, 0.25) is 11.1 Å². The second-order valence-electron chi connectivity index (χ2n) is 5.98. The maximum atomic E-state index is 12.0. The van der Waals surface area contributed by atoms with Gasteiger partial charge in [0.25, 0.3) is 0 Å². The van der Waals surface area contributed by atoms with Crippen molar-refractivity contribution in [3.8, 4) is 5.69 Å². The highest BCUT2D eigenvalue weighted by Crippen LogP contribution is 2.22. The summed E-state index contributed by atoms with van der Waals surface area (Å²) in [5.74, 6) is 0.693. The first-order valence-corrected chi connectivity index (χ1v) is 8.65. The van der Waals surface area contributed by atoms with Crippen molar-refractivity contribution in [3.05, 3.63) is 29.3 Å². The van der Waals surface area contributed by atoms with Gasteiger partial charge in [-0.25, -0.2) is 0 Å². The zero-order chi connectivity index (χ0) is 17.0. The predicted molar refractivity (Wildman–Crippen MR) is 91.8 cm³/mol. The van der Waals surface area contributed by atoms with Crippen LogP contribution < -0.4 is 5.32 Å². The van der Waals surface area contributed by atoms with Crippen molar-refractivity contribution in [1.29, 1.82) is 0 Å². The molecule has 0 saturated heterocycles. The number of benzene rings is 1. The van der Waals surface area contributed by atoms with Gasteiger partial charge in [-0.05, 0) is 54.3 Å². The zero-order valence-electron chi connectivity index (χ0n) is 14.2. The van der Waals surface area contributed by atoms with Gasteiger partial charge in [-0.15, -0.1) is 5.10 Å². The summed E-state index contributed by atoms with van der Waals surface area (Å²) in [6, 6.07) is 6.16. The lowest BCUT2D eigenvalue weighted by Crippen LogP contribution is -2.37. The Bertz CT molecular complexity index is 683. The number of nitrogens with one attached hydrogen (secondary N) is 1. The van der Waals surface area contributed by atoms with Crippen LogP contribution in [0.5, 0.6) is 0 Å². The Hall–Kier alpha value is -1.89. The second-order valence-corrected chi connectivity index (χ2v) is 6.92. The maximum absolute atomic E-state index is 12.0. The van der Waals surface area contributed by atoms with Crippen LogP contribution in [-0.4, -0.2) is 37.9 Å². The number of thioether (sulfide) groups is 1. The van der Waals surface area contributed by atoms with Crippen LogP contribution in [0.25, 0.3) is 5.69 Å². The minimum atomic E-state index is -0.00767. The van der Waals surface area contributed by atoms with Crippen molar-refractivity contribution >= 4 is 17.7 Å². The number of amides is 1. The van der Waals surface area contributed by atoms with Crippen LogP contribution in [0, 0.1) is 19.8 Å². The molecule has 1 atom stereocenters. The molecule has 1 heterocycles. The quantitative estimate of drug-likeness (QED) is 0.823. The van der Waals surface area contributed by atoms with Crippen LogP contribution in [0.4, 0.5) is 0 Å². The Kier molecular flexibility index (Phi) is 5.76. The van der Waals surface area contributed by atoms with E-state index in [1.807, 2.05) is 26.0 Å². The molecule has 0 fully saturated rings. The van der Waals surface area contributed by atoms with Crippen LogP contribution >= 0.6 is 11.8 Å². The summed E-state index contributed by atoms with van der Waals surface area (Å²) in [7, 11) is 0. The third-order valence-electron chi connectivity index (χ3n) is 3.97. The molecule has 1 aromatic heterocycles. The fourth-order valence-electron chi connectivity index (χ4n) is 1.98. The van der Waals surface area contributed by atoms with E-state index in [4.69, 9.17) is 0 Å². The molecule has 1 amide bonds. The van der Waals surface area contributed by atoms with E-state index >= 15 is 0 Å². The van der Waals surface area contributed by atoms with Crippen molar-refractivity contribution in [1.82, 2.24) is 25.5 Å². The van der Waals surface area contributed by atoms with Gasteiger partial charge in [-0.1, -0.05) is 37.7 Å². The monoisotopic (exact) mass is 333 g/mol. The Morgan fingerprint density at radius 3 is 2.74 bits per heavy atom. The summed E-state index contributed by atoms with van der Waals surface area (Å²) in [5.41, 5.74) is 3.24. The van der Waals surface area contributed by atoms with E-state index in [0.717, 1.165) is 11.3 Å². The van der Waals surface area contributed by atoms with Gasteiger partial charge in [0.1, 0.15) is 0 Å². The van der Waals surface area contributed by atoms with E-state index in [1.54, 1.807) is 4.68 Å². The van der Waals surface area contributed by atoms with Gasteiger partial charge < -0.3 is 5.32 Å². The minimum absolute atomic E-state index is 0.00767. The number of aryl methyl sites for hydroxylation is 1. The number of aromatic nitrogens is 4. The van der Waals surface area contributed by atoms with Crippen molar-refractivity contribution in [2.24, 2.45) is 5.92 Å². The third-order valence-corrected chi connectivity index (χ3v) is 4.89. The highest BCUT2D eigenvalue weighted by molar-refractivity contribution is 7.99. The molecule has 23 heavy (non-hydrogen) atoms. The summed E-state index contributed by atoms with van der Waals surface area (Å²) in [6.07, 6.45) is 0. The lowest BCUT2D eigenvalue weighted by atomic mass is 10.1. The molecule has 0 aliphatic carbocycles. The molecule has 0 spiro atoms. The summed E-state index contributed by atoms with van der Waals surface area (Å²) >= 11 is 1.34. The molecule has 2 rings (SSSR count). The zero-order valence-corrected chi connectivity index (χ0v) is 15.0. The SMILES string of the molecule is Cc1cccc(-n2nnnc2SCC(=O)NC(C)C(C)C)c1C. The maximum Gasteiger partial charge on any atom is 0.230 e. The molecule has 2 aromatic rings. The number of hydrogen-bond acceptors (Lipinski definition) is 5. The van der Waals surface area contributed by atoms with E-state index in [-0.39, 0.29) is 11.9 Å². The molecule has 6 nitrogen and oxygen atoms in total. The summed E-state index contributed by atoms with van der Waals surface area (Å²) in [5, 5.41) is 15.4. The van der Waals surface area contributed by atoms with Crippen LogP contribution in [0.1, 0.15) is 31.9 Å². The molecule has 124 valence electrons. The summed E-state index contributed by atoms with van der Waals surface area (Å²) in [4.78, 5) is 12.0. The number of carbonyl (C=O) groups excluding carboxylic acids is 1. The molecule has 1 N–H and O–H groups in total. The van der Waals surface area contributed by atoms with Crippen molar-refractivity contribution in [2.45, 2.75) is 45.8 Å². The van der Waals surface area contributed by atoms with Gasteiger partial charge in [-0.2, -0.15) is 4.68 Å². The molecule has 0 aliphatic rings. The lowest BCUT2D eigenvalue weighted by Gasteiger charge is -2.17. The lowest BCUT2D eigenvalue weighted by molar-refractivity contribution is -0.119. The number of hydrogen-bond donors (Lipinski definition) is 1. The third kappa shape index (κ3) is 4.31. The Labute approximate surface area is 141 Å². The fraction of sp³-hybridized carbons (Fsp3) is 0.500. The number of nitrogens with zero attached hydrogens (tertiary/aromatic N) is 4. The topological polar surface area (TPSA) is 72.7 Å². The largest absolute Gasteiger partial charge is 0.353 e. The molecule has 1 unspecified atom stereocenters. The predicted octanol–water partition coefficient (Wildman–Crippen LogP) is 2.53. The van der Waals surface area contributed by atoms with E-state index < -0.39 is 0 Å². The molecule has 0 bridgehead atoms. The van der Waals surface area contributed by atoms with Gasteiger partial charge in [0, 0.05) is 6.04 Å². The Morgan fingerprint density at radius 2 is 2.04 bits per heavy atom. The van der Waals surface area contributed by atoms with Gasteiger partial charge >= 0.3 is 0 Å². The average molecular weight is 333 g/mol. The highest BCUT2D eigenvalue weighted by Gasteiger charge is 2.15. The van der Waals surface area contributed by atoms with Gasteiger partial charge in [-0.3, -0.25) is 4.79 Å². The number of rotatable bonds is 6. The van der Waals surface area contributed by atoms with E-state index in [1.165, 1.54) is 17.3 Å². The van der Waals surface area contributed by atoms with Crippen molar-refractivity contribution < 1.29 is 4.79 Å².